The molecule has 0 radical (unpaired) electrons. The first kappa shape index (κ1) is 18.2. The Bertz CT molecular complexity index is 908. The molecule has 1 aromatic carbocycles. The summed E-state index contributed by atoms with van der Waals surface area (Å²) in [7, 11) is 0. The minimum atomic E-state index is -0.150. The summed E-state index contributed by atoms with van der Waals surface area (Å²) in [5.74, 6) is 0.945. The molecular weight excluding hydrogens is 364 g/mol. The van der Waals surface area contributed by atoms with Crippen LogP contribution >= 0.6 is 0 Å². The number of hydrogen-bond donors (Lipinski definition) is 0. The Labute approximate surface area is 171 Å². The average molecular weight is 390 g/mol. The molecule has 0 bridgehead atoms. The largest absolute Gasteiger partial charge is 0.353 e. The number of amides is 2. The van der Waals surface area contributed by atoms with Crippen molar-refractivity contribution in [2.45, 2.75) is 19.3 Å². The molecule has 1 saturated heterocycles. The second kappa shape index (κ2) is 7.50. The van der Waals surface area contributed by atoms with E-state index in [0.717, 1.165) is 44.0 Å². The highest BCUT2D eigenvalue weighted by molar-refractivity contribution is 6.01. The lowest BCUT2D eigenvalue weighted by atomic mass is 10.0. The Morgan fingerprint density at radius 2 is 1.62 bits per heavy atom. The molecule has 6 nitrogen and oxygen atoms in total. The Morgan fingerprint density at radius 3 is 2.41 bits per heavy atom. The van der Waals surface area contributed by atoms with Gasteiger partial charge < -0.3 is 14.7 Å². The normalized spacial score (nSPS) is 23.5. The van der Waals surface area contributed by atoms with Gasteiger partial charge in [0.2, 0.25) is 11.8 Å². The summed E-state index contributed by atoms with van der Waals surface area (Å²) in [5, 5.41) is 0. The Balaban J connectivity index is 1.19. The third kappa shape index (κ3) is 3.48. The van der Waals surface area contributed by atoms with E-state index >= 15 is 0 Å². The van der Waals surface area contributed by atoms with E-state index in [1.54, 1.807) is 6.20 Å². The van der Waals surface area contributed by atoms with Crippen molar-refractivity contribution in [2.24, 2.45) is 11.8 Å². The predicted molar refractivity (Wildman–Crippen MR) is 112 cm³/mol. The number of aromatic nitrogens is 1. The molecule has 2 atom stereocenters. The number of carbonyl (C=O) groups is 2. The summed E-state index contributed by atoms with van der Waals surface area (Å²) in [4.78, 5) is 36.5. The highest BCUT2D eigenvalue weighted by Crippen LogP contribution is 2.43. The molecule has 0 N–H and O–H groups in total. The molecule has 3 heterocycles. The predicted octanol–water partition coefficient (Wildman–Crippen LogP) is 2.35. The van der Waals surface area contributed by atoms with E-state index in [2.05, 4.69) is 16.0 Å². The van der Waals surface area contributed by atoms with E-state index in [9.17, 15) is 9.59 Å². The Kier molecular flexibility index (Phi) is 4.70. The molecule has 2 aromatic rings. The number of hydrogen-bond acceptors (Lipinski definition) is 4. The molecule has 1 aromatic heterocycles. The lowest BCUT2D eigenvalue weighted by Gasteiger charge is -2.35. The number of pyridine rings is 1. The van der Waals surface area contributed by atoms with E-state index in [1.807, 2.05) is 46.2 Å². The van der Waals surface area contributed by atoms with E-state index < -0.39 is 0 Å². The van der Waals surface area contributed by atoms with Crippen LogP contribution in [0.25, 0.3) is 0 Å². The molecule has 6 heteroatoms. The highest BCUT2D eigenvalue weighted by atomic mass is 16.2. The van der Waals surface area contributed by atoms with Gasteiger partial charge in [-0.25, -0.2) is 4.98 Å². The van der Waals surface area contributed by atoms with E-state index in [0.29, 0.717) is 19.5 Å². The van der Waals surface area contributed by atoms with Gasteiger partial charge in [-0.1, -0.05) is 24.3 Å². The maximum absolute atomic E-state index is 13.1. The van der Waals surface area contributed by atoms with Crippen LogP contribution in [0, 0.1) is 11.8 Å². The molecule has 2 fully saturated rings. The number of nitrogens with zero attached hydrogens (tertiary/aromatic N) is 4. The fraction of sp³-hybridized carbons (Fsp3) is 0.435. The quantitative estimate of drug-likeness (QED) is 0.807. The van der Waals surface area contributed by atoms with Crippen LogP contribution in [-0.2, 0) is 16.0 Å². The highest BCUT2D eigenvalue weighted by Gasteiger charge is 2.51. The molecule has 5 rings (SSSR count). The number of anilines is 2. The zero-order valence-electron chi connectivity index (χ0n) is 16.5. The van der Waals surface area contributed by atoms with Crippen molar-refractivity contribution >= 4 is 23.3 Å². The molecule has 2 aliphatic heterocycles. The molecular formula is C23H26N4O2. The van der Waals surface area contributed by atoms with E-state index in [-0.39, 0.29) is 23.7 Å². The summed E-state index contributed by atoms with van der Waals surface area (Å²) in [6.07, 6.45) is 4.50. The van der Waals surface area contributed by atoms with Crippen molar-refractivity contribution in [2.75, 3.05) is 42.5 Å². The third-order valence-electron chi connectivity index (χ3n) is 6.37. The number of benzene rings is 1. The Hall–Kier alpha value is -2.89. The van der Waals surface area contributed by atoms with Crippen LogP contribution in [0.4, 0.5) is 11.5 Å². The van der Waals surface area contributed by atoms with Crippen molar-refractivity contribution in [3.63, 3.8) is 0 Å². The van der Waals surface area contributed by atoms with Gasteiger partial charge in [0, 0.05) is 44.6 Å². The monoisotopic (exact) mass is 390 g/mol. The molecule has 1 saturated carbocycles. The number of fused-ring (bicyclic) bond motifs is 1. The van der Waals surface area contributed by atoms with Crippen molar-refractivity contribution < 1.29 is 9.59 Å². The van der Waals surface area contributed by atoms with Crippen molar-refractivity contribution in [3.05, 3.63) is 54.2 Å². The minimum absolute atomic E-state index is 0.127. The summed E-state index contributed by atoms with van der Waals surface area (Å²) in [6.45, 7) is 3.72. The third-order valence-corrected chi connectivity index (χ3v) is 6.37. The first-order chi connectivity index (χ1) is 14.2. The van der Waals surface area contributed by atoms with Crippen LogP contribution in [0.15, 0.2) is 48.7 Å². The minimum Gasteiger partial charge on any atom is -0.353 e. The zero-order valence-corrected chi connectivity index (χ0v) is 16.5. The van der Waals surface area contributed by atoms with Crippen molar-refractivity contribution in [3.8, 4) is 0 Å². The second-order valence-corrected chi connectivity index (χ2v) is 8.17. The van der Waals surface area contributed by atoms with Crippen LogP contribution in [0.3, 0.4) is 0 Å². The smallest absolute Gasteiger partial charge is 0.230 e. The summed E-state index contributed by atoms with van der Waals surface area (Å²) in [5.41, 5.74) is 2.27. The SMILES string of the molecule is O=C(C1CC1C(=O)N1CCCc2ccccc21)N1CCN(c2ccccn2)CC1. The topological polar surface area (TPSA) is 56.8 Å². The van der Waals surface area contributed by atoms with Gasteiger partial charge in [-0.2, -0.15) is 0 Å². The molecule has 2 unspecified atom stereocenters. The first-order valence-corrected chi connectivity index (χ1v) is 10.6. The number of carbonyl (C=O) groups excluding carboxylic acids is 2. The molecule has 1 aliphatic carbocycles. The fourth-order valence-electron chi connectivity index (χ4n) is 4.63. The molecule has 3 aliphatic rings. The molecule has 29 heavy (non-hydrogen) atoms. The molecule has 0 spiro atoms. The number of aryl methyl sites for hydroxylation is 1. The van der Waals surface area contributed by atoms with Crippen LogP contribution in [-0.4, -0.2) is 54.4 Å². The van der Waals surface area contributed by atoms with Gasteiger partial charge in [0.15, 0.2) is 0 Å². The number of para-hydroxylation sites is 1. The summed E-state index contributed by atoms with van der Waals surface area (Å²) < 4.78 is 0. The maximum atomic E-state index is 13.1. The lowest BCUT2D eigenvalue weighted by molar-refractivity contribution is -0.134. The lowest BCUT2D eigenvalue weighted by Crippen LogP contribution is -2.50. The number of piperazine rings is 1. The van der Waals surface area contributed by atoms with Crippen LogP contribution < -0.4 is 9.80 Å². The van der Waals surface area contributed by atoms with Gasteiger partial charge >= 0.3 is 0 Å². The van der Waals surface area contributed by atoms with Gasteiger partial charge in [-0.3, -0.25) is 9.59 Å². The standard InChI is InChI=1S/C23H26N4O2/c28-22(26-14-12-25(13-15-26)21-9-3-4-10-24-21)18-16-19(18)23(29)27-11-5-7-17-6-1-2-8-20(17)27/h1-4,6,8-10,18-19H,5,7,11-16H2. The van der Waals surface area contributed by atoms with Gasteiger partial charge in [0.05, 0.1) is 11.8 Å². The Morgan fingerprint density at radius 1 is 0.862 bits per heavy atom. The summed E-state index contributed by atoms with van der Waals surface area (Å²) >= 11 is 0. The first-order valence-electron chi connectivity index (χ1n) is 10.6. The van der Waals surface area contributed by atoms with Crippen LogP contribution in [0.2, 0.25) is 0 Å². The van der Waals surface area contributed by atoms with Gasteiger partial charge in [0.1, 0.15) is 5.82 Å². The van der Waals surface area contributed by atoms with Crippen LogP contribution in [0.5, 0.6) is 0 Å². The second-order valence-electron chi connectivity index (χ2n) is 8.17. The van der Waals surface area contributed by atoms with Crippen LogP contribution in [0.1, 0.15) is 18.4 Å². The fourth-order valence-corrected chi connectivity index (χ4v) is 4.63. The molecule has 2 amide bonds. The van der Waals surface area contributed by atoms with Gasteiger partial charge in [0.25, 0.3) is 0 Å². The average Bonchev–Trinajstić information content (AvgIpc) is 3.59. The van der Waals surface area contributed by atoms with E-state index in [1.165, 1.54) is 5.56 Å². The summed E-state index contributed by atoms with van der Waals surface area (Å²) in [6, 6.07) is 14.0. The van der Waals surface area contributed by atoms with E-state index in [4.69, 9.17) is 0 Å². The van der Waals surface area contributed by atoms with Gasteiger partial charge in [-0.05, 0) is 43.0 Å². The molecule has 150 valence electrons. The van der Waals surface area contributed by atoms with Crippen molar-refractivity contribution in [1.29, 1.82) is 0 Å². The van der Waals surface area contributed by atoms with Crippen molar-refractivity contribution in [1.82, 2.24) is 9.88 Å². The van der Waals surface area contributed by atoms with Gasteiger partial charge in [-0.15, -0.1) is 0 Å². The maximum Gasteiger partial charge on any atom is 0.230 e. The zero-order chi connectivity index (χ0) is 19.8. The number of rotatable bonds is 3.